The SMILES string of the molecule is Cc1cccc(NC(=S)N(CCN(C(C)C)C(C)C)[C@H]2CCS(=O)(=O)C2)c1C. The average Bonchev–Trinajstić information content (AvgIpc) is 2.94. The van der Waals surface area contributed by atoms with Crippen molar-refractivity contribution in [3.63, 3.8) is 0 Å². The second kappa shape index (κ2) is 9.55. The van der Waals surface area contributed by atoms with Gasteiger partial charge in [-0.1, -0.05) is 12.1 Å². The van der Waals surface area contributed by atoms with Gasteiger partial charge in [0.15, 0.2) is 14.9 Å². The zero-order valence-corrected chi connectivity index (χ0v) is 19.7. The number of thiocarbonyl (C=S) groups is 1. The largest absolute Gasteiger partial charge is 0.344 e. The lowest BCUT2D eigenvalue weighted by Gasteiger charge is -2.36. The first-order valence-electron chi connectivity index (χ1n) is 10.1. The van der Waals surface area contributed by atoms with Gasteiger partial charge in [0.05, 0.1) is 11.5 Å². The maximum absolute atomic E-state index is 12.1. The lowest BCUT2D eigenvalue weighted by molar-refractivity contribution is 0.155. The molecule has 0 spiro atoms. The Morgan fingerprint density at radius 2 is 1.82 bits per heavy atom. The molecule has 1 saturated heterocycles. The number of hydrogen-bond acceptors (Lipinski definition) is 4. The summed E-state index contributed by atoms with van der Waals surface area (Å²) in [5.74, 6) is 0.434. The van der Waals surface area contributed by atoms with Crippen molar-refractivity contribution in [1.82, 2.24) is 9.80 Å². The van der Waals surface area contributed by atoms with Gasteiger partial charge < -0.3 is 10.2 Å². The van der Waals surface area contributed by atoms with E-state index >= 15 is 0 Å². The van der Waals surface area contributed by atoms with Crippen LogP contribution in [-0.2, 0) is 9.84 Å². The smallest absolute Gasteiger partial charge is 0.173 e. The lowest BCUT2D eigenvalue weighted by atomic mass is 10.1. The number of aryl methyl sites for hydroxylation is 1. The normalized spacial score (nSPS) is 18.8. The van der Waals surface area contributed by atoms with Crippen LogP contribution in [0.15, 0.2) is 18.2 Å². The van der Waals surface area contributed by atoms with Crippen LogP contribution < -0.4 is 5.32 Å². The van der Waals surface area contributed by atoms with Crippen LogP contribution in [0, 0.1) is 13.8 Å². The van der Waals surface area contributed by atoms with Crippen molar-refractivity contribution in [3.05, 3.63) is 29.3 Å². The molecular formula is C21H35N3O2S2. The number of nitrogens with zero attached hydrogens (tertiary/aromatic N) is 2. The van der Waals surface area contributed by atoms with E-state index < -0.39 is 9.84 Å². The molecule has 1 aliphatic rings. The predicted octanol–water partition coefficient (Wildman–Crippen LogP) is 3.61. The van der Waals surface area contributed by atoms with Crippen LogP contribution >= 0.6 is 12.2 Å². The molecule has 5 nitrogen and oxygen atoms in total. The van der Waals surface area contributed by atoms with Crippen LogP contribution in [0.4, 0.5) is 5.69 Å². The van der Waals surface area contributed by atoms with E-state index in [0.29, 0.717) is 30.2 Å². The van der Waals surface area contributed by atoms with Crippen LogP contribution in [0.25, 0.3) is 0 Å². The lowest BCUT2D eigenvalue weighted by Crippen LogP contribution is -2.49. The Morgan fingerprint density at radius 3 is 2.36 bits per heavy atom. The Morgan fingerprint density at radius 1 is 1.18 bits per heavy atom. The van der Waals surface area contributed by atoms with Crippen LogP contribution in [0.2, 0.25) is 0 Å². The monoisotopic (exact) mass is 425 g/mol. The summed E-state index contributed by atoms with van der Waals surface area (Å²) in [5, 5.41) is 4.00. The fourth-order valence-electron chi connectivity index (χ4n) is 3.88. The summed E-state index contributed by atoms with van der Waals surface area (Å²) >= 11 is 5.76. The summed E-state index contributed by atoms with van der Waals surface area (Å²) in [5.41, 5.74) is 3.35. The molecule has 0 unspecified atom stereocenters. The minimum Gasteiger partial charge on any atom is -0.344 e. The Labute approximate surface area is 176 Å². The Hall–Kier alpha value is -1.18. The van der Waals surface area contributed by atoms with E-state index in [4.69, 9.17) is 12.2 Å². The van der Waals surface area contributed by atoms with E-state index in [1.807, 2.05) is 12.1 Å². The molecular weight excluding hydrogens is 390 g/mol. The van der Waals surface area contributed by atoms with Crippen molar-refractivity contribution < 1.29 is 8.42 Å². The first kappa shape index (κ1) is 23.1. The minimum atomic E-state index is -2.98. The van der Waals surface area contributed by atoms with Gasteiger partial charge in [-0.2, -0.15) is 0 Å². The molecule has 1 aromatic rings. The van der Waals surface area contributed by atoms with E-state index in [9.17, 15) is 8.42 Å². The predicted molar refractivity (Wildman–Crippen MR) is 123 cm³/mol. The van der Waals surface area contributed by atoms with E-state index in [2.05, 4.69) is 62.7 Å². The van der Waals surface area contributed by atoms with Gasteiger partial charge in [-0.15, -0.1) is 0 Å². The number of nitrogens with one attached hydrogen (secondary N) is 1. The number of hydrogen-bond donors (Lipinski definition) is 1. The Balaban J connectivity index is 2.20. The second-order valence-electron chi connectivity index (χ2n) is 8.35. The maximum atomic E-state index is 12.1. The zero-order valence-electron chi connectivity index (χ0n) is 18.0. The molecule has 0 aliphatic carbocycles. The van der Waals surface area contributed by atoms with Gasteiger partial charge in [-0.05, 0) is 77.4 Å². The van der Waals surface area contributed by atoms with Crippen LogP contribution in [0.1, 0.15) is 45.2 Å². The van der Waals surface area contributed by atoms with Crippen molar-refractivity contribution in [1.29, 1.82) is 0 Å². The molecule has 0 amide bonds. The average molecular weight is 426 g/mol. The summed E-state index contributed by atoms with van der Waals surface area (Å²) in [6, 6.07) is 6.90. The van der Waals surface area contributed by atoms with Gasteiger partial charge >= 0.3 is 0 Å². The van der Waals surface area contributed by atoms with Gasteiger partial charge in [0.25, 0.3) is 0 Å². The highest BCUT2D eigenvalue weighted by molar-refractivity contribution is 7.91. The molecule has 7 heteroatoms. The van der Waals surface area contributed by atoms with E-state index in [-0.39, 0.29) is 17.5 Å². The van der Waals surface area contributed by atoms with Crippen molar-refractivity contribution in [3.8, 4) is 0 Å². The van der Waals surface area contributed by atoms with Gasteiger partial charge in [-0.3, -0.25) is 4.90 Å². The molecule has 0 radical (unpaired) electrons. The third-order valence-corrected chi connectivity index (χ3v) is 7.77. The van der Waals surface area contributed by atoms with E-state index in [0.717, 1.165) is 17.8 Å². The summed E-state index contributed by atoms with van der Waals surface area (Å²) in [6.45, 7) is 14.5. The van der Waals surface area contributed by atoms with Crippen LogP contribution in [0.5, 0.6) is 0 Å². The van der Waals surface area contributed by atoms with E-state index in [1.165, 1.54) is 5.56 Å². The first-order valence-corrected chi connectivity index (χ1v) is 12.3. The van der Waals surface area contributed by atoms with Crippen LogP contribution in [-0.4, -0.2) is 66.1 Å². The van der Waals surface area contributed by atoms with Gasteiger partial charge in [-0.25, -0.2) is 8.42 Å². The number of benzene rings is 1. The van der Waals surface area contributed by atoms with E-state index in [1.54, 1.807) is 0 Å². The zero-order chi connectivity index (χ0) is 21.1. The molecule has 0 saturated carbocycles. The fraction of sp³-hybridized carbons (Fsp3) is 0.667. The standard InChI is InChI=1S/C21H35N3O2S2/c1-15(2)23(16(3)4)11-12-24(19-10-13-28(25,26)14-19)21(27)22-20-9-7-8-17(5)18(20)6/h7-9,15-16,19H,10-14H2,1-6H3,(H,22,27)/t19-/m0/s1. The molecule has 0 bridgehead atoms. The quantitative estimate of drug-likeness (QED) is 0.674. The molecule has 2 rings (SSSR count). The van der Waals surface area contributed by atoms with Crippen molar-refractivity contribution in [2.45, 2.75) is 66.1 Å². The number of anilines is 1. The molecule has 158 valence electrons. The third kappa shape index (κ3) is 5.91. The molecule has 28 heavy (non-hydrogen) atoms. The minimum absolute atomic E-state index is 0.0590. The Kier molecular flexibility index (Phi) is 7.88. The van der Waals surface area contributed by atoms with Gasteiger partial charge in [0, 0.05) is 36.9 Å². The molecule has 1 aromatic carbocycles. The highest BCUT2D eigenvalue weighted by Gasteiger charge is 2.34. The second-order valence-corrected chi connectivity index (χ2v) is 11.0. The highest BCUT2D eigenvalue weighted by atomic mass is 32.2. The number of sulfone groups is 1. The van der Waals surface area contributed by atoms with Crippen molar-refractivity contribution in [2.24, 2.45) is 0 Å². The number of rotatable bonds is 7. The van der Waals surface area contributed by atoms with Gasteiger partial charge in [0.1, 0.15) is 0 Å². The molecule has 1 fully saturated rings. The summed E-state index contributed by atoms with van der Waals surface area (Å²) < 4.78 is 24.2. The molecule has 1 atom stereocenters. The molecule has 1 aliphatic heterocycles. The molecule has 0 aromatic heterocycles. The van der Waals surface area contributed by atoms with Crippen molar-refractivity contribution >= 4 is 32.9 Å². The first-order chi connectivity index (χ1) is 13.0. The van der Waals surface area contributed by atoms with Crippen LogP contribution in [0.3, 0.4) is 0 Å². The van der Waals surface area contributed by atoms with Crippen molar-refractivity contribution in [2.75, 3.05) is 29.9 Å². The molecule has 1 N–H and O–H groups in total. The topological polar surface area (TPSA) is 52.6 Å². The Bertz CT molecular complexity index is 783. The summed E-state index contributed by atoms with van der Waals surface area (Å²) in [4.78, 5) is 4.51. The van der Waals surface area contributed by atoms with Gasteiger partial charge in [0.2, 0.25) is 0 Å². The summed E-state index contributed by atoms with van der Waals surface area (Å²) in [7, 11) is -2.98. The maximum Gasteiger partial charge on any atom is 0.173 e. The fourth-order valence-corrected chi connectivity index (χ4v) is 5.96. The molecule has 1 heterocycles. The summed E-state index contributed by atoms with van der Waals surface area (Å²) in [6.07, 6.45) is 0.639. The third-order valence-electron chi connectivity index (χ3n) is 5.68. The highest BCUT2D eigenvalue weighted by Crippen LogP contribution is 2.22.